The van der Waals surface area contributed by atoms with Gasteiger partial charge >= 0.3 is 0 Å². The summed E-state index contributed by atoms with van der Waals surface area (Å²) in [5.74, 6) is 0.273. The van der Waals surface area contributed by atoms with Crippen molar-refractivity contribution in [2.75, 3.05) is 26.3 Å². The summed E-state index contributed by atoms with van der Waals surface area (Å²) in [6.45, 7) is 2.82. The highest BCUT2D eigenvalue weighted by molar-refractivity contribution is 5.91. The summed E-state index contributed by atoms with van der Waals surface area (Å²) < 4.78 is 10.3. The van der Waals surface area contributed by atoms with E-state index < -0.39 is 0 Å². The maximum atomic E-state index is 11.9. The highest BCUT2D eigenvalue weighted by atomic mass is 16.5. The van der Waals surface area contributed by atoms with Crippen molar-refractivity contribution in [3.63, 3.8) is 0 Å². The number of amides is 1. The minimum absolute atomic E-state index is 0.0852. The zero-order chi connectivity index (χ0) is 10.7. The predicted molar refractivity (Wildman–Crippen MR) is 53.3 cm³/mol. The normalized spacial score (nSPS) is 16.7. The molecule has 1 aromatic rings. The van der Waals surface area contributed by atoms with Gasteiger partial charge in [-0.2, -0.15) is 0 Å². The molecule has 2 rings (SSSR count). The fourth-order valence-corrected chi connectivity index (χ4v) is 1.52. The van der Waals surface area contributed by atoms with Crippen LogP contribution in [0.15, 0.2) is 16.7 Å². The van der Waals surface area contributed by atoms with Gasteiger partial charge in [0.05, 0.1) is 19.5 Å². The third-order valence-electron chi connectivity index (χ3n) is 2.40. The maximum Gasteiger partial charge on any atom is 0.289 e. The van der Waals surface area contributed by atoms with Crippen LogP contribution in [0.2, 0.25) is 0 Å². The Hall–Kier alpha value is -1.33. The van der Waals surface area contributed by atoms with Crippen molar-refractivity contribution in [2.45, 2.75) is 6.54 Å². The molecule has 0 aromatic carbocycles. The van der Waals surface area contributed by atoms with Gasteiger partial charge in [-0.15, -0.1) is 0 Å². The molecular weight excluding hydrogens is 196 g/mol. The number of hydrogen-bond donors (Lipinski definition) is 1. The van der Waals surface area contributed by atoms with E-state index in [1.165, 1.54) is 6.26 Å². The molecule has 1 amide bonds. The van der Waals surface area contributed by atoms with E-state index in [9.17, 15) is 4.79 Å². The van der Waals surface area contributed by atoms with Crippen LogP contribution < -0.4 is 5.73 Å². The van der Waals surface area contributed by atoms with Gasteiger partial charge in [-0.1, -0.05) is 0 Å². The standard InChI is InChI=1S/C10H14N2O3/c11-6-8-5-9(15-7-8)10(13)12-1-3-14-4-2-12/h5,7H,1-4,6,11H2. The monoisotopic (exact) mass is 210 g/mol. The molecule has 15 heavy (non-hydrogen) atoms. The molecule has 1 saturated heterocycles. The molecule has 2 heterocycles. The van der Waals surface area contributed by atoms with E-state index >= 15 is 0 Å². The summed E-state index contributed by atoms with van der Waals surface area (Å²) in [7, 11) is 0. The van der Waals surface area contributed by atoms with E-state index in [-0.39, 0.29) is 5.91 Å². The first-order chi connectivity index (χ1) is 7.31. The lowest BCUT2D eigenvalue weighted by Crippen LogP contribution is -2.40. The van der Waals surface area contributed by atoms with Gasteiger partial charge in [-0.25, -0.2) is 0 Å². The Morgan fingerprint density at radius 2 is 2.20 bits per heavy atom. The van der Waals surface area contributed by atoms with E-state index in [1.807, 2.05) is 0 Å². The summed E-state index contributed by atoms with van der Waals surface area (Å²) in [4.78, 5) is 13.6. The molecule has 0 atom stereocenters. The van der Waals surface area contributed by atoms with Crippen LogP contribution in [0.4, 0.5) is 0 Å². The number of nitrogens with zero attached hydrogens (tertiary/aromatic N) is 1. The lowest BCUT2D eigenvalue weighted by atomic mass is 10.3. The first kappa shape index (κ1) is 10.2. The number of morpholine rings is 1. The third-order valence-corrected chi connectivity index (χ3v) is 2.40. The van der Waals surface area contributed by atoms with E-state index in [2.05, 4.69) is 0 Å². The molecule has 82 valence electrons. The molecule has 1 aromatic heterocycles. The Morgan fingerprint density at radius 3 is 2.80 bits per heavy atom. The van der Waals surface area contributed by atoms with Gasteiger partial charge in [-0.05, 0) is 6.07 Å². The number of rotatable bonds is 2. The Bertz CT molecular complexity index is 342. The van der Waals surface area contributed by atoms with Crippen molar-refractivity contribution in [3.05, 3.63) is 23.7 Å². The lowest BCUT2D eigenvalue weighted by Gasteiger charge is -2.25. The minimum atomic E-state index is -0.0852. The molecule has 2 N–H and O–H groups in total. The number of ether oxygens (including phenoxy) is 1. The number of carbonyl (C=O) groups is 1. The van der Waals surface area contributed by atoms with Crippen LogP contribution in [0, 0.1) is 0 Å². The second kappa shape index (κ2) is 4.46. The second-order valence-corrected chi connectivity index (χ2v) is 3.43. The van der Waals surface area contributed by atoms with Gasteiger partial charge in [0.25, 0.3) is 5.91 Å². The maximum absolute atomic E-state index is 11.9. The summed E-state index contributed by atoms with van der Waals surface area (Å²) in [5, 5.41) is 0. The van der Waals surface area contributed by atoms with Crippen LogP contribution in [0.5, 0.6) is 0 Å². The highest BCUT2D eigenvalue weighted by Gasteiger charge is 2.20. The van der Waals surface area contributed by atoms with E-state index in [0.717, 1.165) is 5.56 Å². The molecule has 0 aliphatic carbocycles. The summed E-state index contributed by atoms with van der Waals surface area (Å²) >= 11 is 0. The summed E-state index contributed by atoms with van der Waals surface area (Å²) in [6, 6.07) is 1.69. The Labute approximate surface area is 87.8 Å². The molecule has 0 spiro atoms. The largest absolute Gasteiger partial charge is 0.459 e. The lowest BCUT2D eigenvalue weighted by molar-refractivity contribution is 0.0283. The molecule has 0 unspecified atom stereocenters. The molecule has 1 aliphatic rings. The molecule has 1 aliphatic heterocycles. The van der Waals surface area contributed by atoms with Gasteiger partial charge < -0.3 is 19.8 Å². The van der Waals surface area contributed by atoms with Gasteiger partial charge in [0, 0.05) is 25.2 Å². The van der Waals surface area contributed by atoms with Crippen LogP contribution >= 0.6 is 0 Å². The zero-order valence-corrected chi connectivity index (χ0v) is 8.44. The smallest absolute Gasteiger partial charge is 0.289 e. The zero-order valence-electron chi connectivity index (χ0n) is 8.44. The van der Waals surface area contributed by atoms with E-state index in [1.54, 1.807) is 11.0 Å². The Morgan fingerprint density at radius 1 is 1.47 bits per heavy atom. The Kier molecular flexibility index (Phi) is 3.03. The van der Waals surface area contributed by atoms with Crippen LogP contribution in [0.25, 0.3) is 0 Å². The number of nitrogens with two attached hydrogens (primary N) is 1. The minimum Gasteiger partial charge on any atom is -0.459 e. The molecule has 0 radical (unpaired) electrons. The van der Waals surface area contributed by atoms with Gasteiger partial charge in [0.15, 0.2) is 5.76 Å². The van der Waals surface area contributed by atoms with Crippen molar-refractivity contribution in [1.82, 2.24) is 4.90 Å². The van der Waals surface area contributed by atoms with Crippen molar-refractivity contribution < 1.29 is 13.9 Å². The number of carbonyl (C=O) groups excluding carboxylic acids is 1. The van der Waals surface area contributed by atoms with Crippen molar-refractivity contribution >= 4 is 5.91 Å². The summed E-state index contributed by atoms with van der Waals surface area (Å²) in [6.07, 6.45) is 1.52. The highest BCUT2D eigenvalue weighted by Crippen LogP contribution is 2.11. The van der Waals surface area contributed by atoms with Gasteiger partial charge in [0.2, 0.25) is 0 Å². The third kappa shape index (κ3) is 2.19. The van der Waals surface area contributed by atoms with Crippen LogP contribution in [-0.4, -0.2) is 37.1 Å². The second-order valence-electron chi connectivity index (χ2n) is 3.43. The van der Waals surface area contributed by atoms with E-state index in [0.29, 0.717) is 38.6 Å². The van der Waals surface area contributed by atoms with Crippen molar-refractivity contribution in [1.29, 1.82) is 0 Å². The van der Waals surface area contributed by atoms with Gasteiger partial charge in [-0.3, -0.25) is 4.79 Å². The van der Waals surface area contributed by atoms with Crippen molar-refractivity contribution in [3.8, 4) is 0 Å². The van der Waals surface area contributed by atoms with Crippen molar-refractivity contribution in [2.24, 2.45) is 5.73 Å². The fraction of sp³-hybridized carbons (Fsp3) is 0.500. The first-order valence-electron chi connectivity index (χ1n) is 4.96. The SMILES string of the molecule is NCc1coc(C(=O)N2CCOCC2)c1. The topological polar surface area (TPSA) is 68.7 Å². The first-order valence-corrected chi connectivity index (χ1v) is 4.96. The molecule has 5 heteroatoms. The molecule has 1 fully saturated rings. The average Bonchev–Trinajstić information content (AvgIpc) is 2.78. The van der Waals surface area contributed by atoms with Crippen LogP contribution in [-0.2, 0) is 11.3 Å². The average molecular weight is 210 g/mol. The molecule has 5 nitrogen and oxygen atoms in total. The van der Waals surface area contributed by atoms with Gasteiger partial charge in [0.1, 0.15) is 0 Å². The van der Waals surface area contributed by atoms with Crippen LogP contribution in [0.3, 0.4) is 0 Å². The van der Waals surface area contributed by atoms with E-state index in [4.69, 9.17) is 14.9 Å². The summed E-state index contributed by atoms with van der Waals surface area (Å²) in [5.41, 5.74) is 6.28. The fourth-order valence-electron chi connectivity index (χ4n) is 1.52. The molecule has 0 saturated carbocycles. The molecular formula is C10H14N2O3. The number of furan rings is 1. The Balaban J connectivity index is 2.05. The van der Waals surface area contributed by atoms with Crippen LogP contribution in [0.1, 0.15) is 16.1 Å². The quantitative estimate of drug-likeness (QED) is 0.757. The predicted octanol–water partition coefficient (Wildman–Crippen LogP) is 0.211. The number of hydrogen-bond acceptors (Lipinski definition) is 4. The molecule has 0 bridgehead atoms.